The highest BCUT2D eigenvalue weighted by Crippen LogP contribution is 2.27. The van der Waals surface area contributed by atoms with Gasteiger partial charge in [-0.05, 0) is 39.2 Å². The van der Waals surface area contributed by atoms with Gasteiger partial charge in [0, 0.05) is 18.8 Å². The molecule has 0 aliphatic carbocycles. The molecule has 0 saturated carbocycles. The molecule has 3 amide bonds. The maximum atomic E-state index is 12.3. The largest absolute Gasteiger partial charge is 0.327 e. The lowest BCUT2D eigenvalue weighted by Crippen LogP contribution is -2.38. The summed E-state index contributed by atoms with van der Waals surface area (Å²) in [7, 11) is 0. The predicted octanol–water partition coefficient (Wildman–Crippen LogP) is 1.78. The third-order valence-electron chi connectivity index (χ3n) is 4.04. The molecule has 2 fully saturated rings. The lowest BCUT2D eigenvalue weighted by molar-refractivity contribution is -0.129. The molecule has 0 bridgehead atoms. The fourth-order valence-corrected chi connectivity index (χ4v) is 2.90. The van der Waals surface area contributed by atoms with Gasteiger partial charge in [-0.15, -0.1) is 0 Å². The first-order chi connectivity index (χ1) is 9.58. The number of carbonyl (C=O) groups excluding carboxylic acids is 2. The summed E-state index contributed by atoms with van der Waals surface area (Å²) in [6.45, 7) is 5.07. The van der Waals surface area contributed by atoms with Crippen molar-refractivity contribution in [1.29, 1.82) is 0 Å². The second kappa shape index (κ2) is 4.92. The summed E-state index contributed by atoms with van der Waals surface area (Å²) in [5.74, 6) is -0.0613. The molecule has 2 aliphatic heterocycles. The first-order valence-corrected chi connectivity index (χ1v) is 7.24. The molecule has 1 aromatic rings. The second-order valence-corrected chi connectivity index (χ2v) is 5.79. The molecule has 108 valence electrons. The molecule has 2 aliphatic rings. The van der Waals surface area contributed by atoms with E-state index >= 15 is 0 Å². The van der Waals surface area contributed by atoms with Gasteiger partial charge in [-0.1, -0.05) is 0 Å². The Morgan fingerprint density at radius 3 is 2.80 bits per heavy atom. The van der Waals surface area contributed by atoms with Crippen LogP contribution in [0.2, 0.25) is 0 Å². The molecule has 20 heavy (non-hydrogen) atoms. The molecule has 6 nitrogen and oxygen atoms in total. The molecular weight excluding hydrogens is 256 g/mol. The Bertz CT molecular complexity index is 513. The highest BCUT2D eigenvalue weighted by atomic mass is 16.2. The van der Waals surface area contributed by atoms with E-state index in [4.69, 9.17) is 0 Å². The van der Waals surface area contributed by atoms with Crippen molar-refractivity contribution in [3.8, 4) is 0 Å². The Hall–Kier alpha value is -1.85. The first-order valence-electron chi connectivity index (χ1n) is 7.24. The van der Waals surface area contributed by atoms with E-state index in [9.17, 15) is 9.59 Å². The van der Waals surface area contributed by atoms with Crippen molar-refractivity contribution in [1.82, 2.24) is 19.6 Å². The van der Waals surface area contributed by atoms with Gasteiger partial charge >= 0.3 is 6.03 Å². The summed E-state index contributed by atoms with van der Waals surface area (Å²) < 4.78 is 1.84. The zero-order valence-electron chi connectivity index (χ0n) is 12.0. The minimum atomic E-state index is -0.233. The summed E-state index contributed by atoms with van der Waals surface area (Å²) in [6.07, 6.45) is 4.70. The van der Waals surface area contributed by atoms with Crippen LogP contribution in [0, 0.1) is 0 Å². The van der Waals surface area contributed by atoms with Crippen LogP contribution in [-0.4, -0.2) is 44.1 Å². The first kappa shape index (κ1) is 13.1. The van der Waals surface area contributed by atoms with Gasteiger partial charge in [-0.3, -0.25) is 14.4 Å². The van der Waals surface area contributed by atoms with Crippen molar-refractivity contribution in [3.63, 3.8) is 0 Å². The number of urea groups is 1. The number of rotatable bonds is 3. The molecule has 0 aromatic carbocycles. The molecule has 1 aromatic heterocycles. The van der Waals surface area contributed by atoms with Crippen LogP contribution < -0.4 is 0 Å². The fraction of sp³-hybridized carbons (Fsp3) is 0.643. The number of piperidine rings is 1. The highest BCUT2D eigenvalue weighted by Gasteiger charge is 2.45. The van der Waals surface area contributed by atoms with Crippen molar-refractivity contribution < 1.29 is 9.59 Å². The van der Waals surface area contributed by atoms with Crippen LogP contribution in [-0.2, 0) is 11.3 Å². The average Bonchev–Trinajstić information content (AvgIpc) is 3.00. The second-order valence-electron chi connectivity index (χ2n) is 5.79. The number of hydrogen-bond acceptors (Lipinski definition) is 3. The molecule has 2 saturated heterocycles. The van der Waals surface area contributed by atoms with Gasteiger partial charge in [0.1, 0.15) is 6.04 Å². The molecule has 3 rings (SSSR count). The van der Waals surface area contributed by atoms with Crippen molar-refractivity contribution in [2.75, 3.05) is 6.54 Å². The zero-order valence-corrected chi connectivity index (χ0v) is 12.0. The fourth-order valence-electron chi connectivity index (χ4n) is 2.90. The monoisotopic (exact) mass is 276 g/mol. The van der Waals surface area contributed by atoms with Gasteiger partial charge in [0.25, 0.3) is 5.91 Å². The van der Waals surface area contributed by atoms with Crippen LogP contribution in [0.5, 0.6) is 0 Å². The SMILES string of the molecule is CC(C)n1ccc(CN2C(=O)[C@@H]3CCCCN3C2=O)n1. The van der Waals surface area contributed by atoms with Crippen LogP contribution in [0.25, 0.3) is 0 Å². The number of nitrogens with zero attached hydrogens (tertiary/aromatic N) is 4. The number of fused-ring (bicyclic) bond motifs is 1. The van der Waals surface area contributed by atoms with E-state index in [0.29, 0.717) is 6.54 Å². The van der Waals surface area contributed by atoms with Crippen LogP contribution in [0.4, 0.5) is 4.79 Å². The Kier molecular flexibility index (Phi) is 3.23. The lowest BCUT2D eigenvalue weighted by atomic mass is 10.0. The summed E-state index contributed by atoms with van der Waals surface area (Å²) in [5.41, 5.74) is 0.764. The summed E-state index contributed by atoms with van der Waals surface area (Å²) >= 11 is 0. The number of aromatic nitrogens is 2. The summed E-state index contributed by atoms with van der Waals surface area (Å²) in [4.78, 5) is 27.7. The molecule has 0 radical (unpaired) electrons. The molecule has 0 N–H and O–H groups in total. The number of carbonyl (C=O) groups is 2. The Morgan fingerprint density at radius 1 is 1.35 bits per heavy atom. The van der Waals surface area contributed by atoms with E-state index in [1.54, 1.807) is 4.90 Å². The molecule has 0 spiro atoms. The highest BCUT2D eigenvalue weighted by molar-refractivity contribution is 6.04. The Labute approximate surface area is 118 Å². The maximum absolute atomic E-state index is 12.3. The van der Waals surface area contributed by atoms with E-state index in [1.807, 2.05) is 30.8 Å². The summed E-state index contributed by atoms with van der Waals surface area (Å²) in [5, 5.41) is 4.41. The van der Waals surface area contributed by atoms with Crippen LogP contribution in [0.15, 0.2) is 12.3 Å². The minimum absolute atomic E-state index is 0.0613. The molecular formula is C14H20N4O2. The standard InChI is InChI=1S/C14H20N4O2/c1-10(2)18-8-6-11(15-18)9-17-13(19)12-5-3-4-7-16(12)14(17)20/h6,8,10,12H,3-5,7,9H2,1-2H3/t12-/m0/s1. The Morgan fingerprint density at radius 2 is 2.15 bits per heavy atom. The van der Waals surface area contributed by atoms with Gasteiger partial charge in [0.15, 0.2) is 0 Å². The molecule has 1 atom stereocenters. The number of hydrogen-bond donors (Lipinski definition) is 0. The van der Waals surface area contributed by atoms with E-state index in [0.717, 1.165) is 25.0 Å². The molecule has 6 heteroatoms. The van der Waals surface area contributed by atoms with Gasteiger partial charge in [-0.25, -0.2) is 4.79 Å². The summed E-state index contributed by atoms with van der Waals surface area (Å²) in [6, 6.07) is 1.76. The van der Waals surface area contributed by atoms with Crippen LogP contribution in [0.1, 0.15) is 44.8 Å². The minimum Gasteiger partial charge on any atom is -0.312 e. The zero-order chi connectivity index (χ0) is 14.3. The lowest BCUT2D eigenvalue weighted by Gasteiger charge is -2.26. The maximum Gasteiger partial charge on any atom is 0.327 e. The van der Waals surface area contributed by atoms with E-state index in [2.05, 4.69) is 5.10 Å². The van der Waals surface area contributed by atoms with Crippen LogP contribution in [0.3, 0.4) is 0 Å². The number of amides is 3. The predicted molar refractivity (Wildman–Crippen MR) is 72.9 cm³/mol. The van der Waals surface area contributed by atoms with E-state index in [1.165, 1.54) is 4.90 Å². The number of imide groups is 1. The third-order valence-corrected chi connectivity index (χ3v) is 4.04. The third kappa shape index (κ3) is 2.09. The van der Waals surface area contributed by atoms with E-state index in [-0.39, 0.29) is 30.6 Å². The molecule has 0 unspecified atom stereocenters. The average molecular weight is 276 g/mol. The van der Waals surface area contributed by atoms with Crippen LogP contribution >= 0.6 is 0 Å². The van der Waals surface area contributed by atoms with Gasteiger partial charge in [0.05, 0.1) is 12.2 Å². The van der Waals surface area contributed by atoms with Gasteiger partial charge in [-0.2, -0.15) is 5.10 Å². The van der Waals surface area contributed by atoms with Gasteiger partial charge in [0.2, 0.25) is 0 Å². The van der Waals surface area contributed by atoms with Crippen molar-refractivity contribution in [2.24, 2.45) is 0 Å². The van der Waals surface area contributed by atoms with E-state index < -0.39 is 0 Å². The molecule has 3 heterocycles. The quantitative estimate of drug-likeness (QED) is 0.791. The normalized spacial score (nSPS) is 22.9. The topological polar surface area (TPSA) is 58.4 Å². The van der Waals surface area contributed by atoms with Crippen molar-refractivity contribution in [2.45, 2.75) is 51.7 Å². The van der Waals surface area contributed by atoms with Gasteiger partial charge < -0.3 is 4.90 Å². The van der Waals surface area contributed by atoms with Crippen molar-refractivity contribution >= 4 is 11.9 Å². The smallest absolute Gasteiger partial charge is 0.312 e. The van der Waals surface area contributed by atoms with Crippen molar-refractivity contribution in [3.05, 3.63) is 18.0 Å². The Balaban J connectivity index is 1.76.